The van der Waals surface area contributed by atoms with Crippen molar-refractivity contribution in [3.05, 3.63) is 89.1 Å². The van der Waals surface area contributed by atoms with Crippen LogP contribution in [0.4, 0.5) is 19.0 Å². The second kappa shape index (κ2) is 12.1. The molecule has 2 fully saturated rings. The average molecular weight is 606 g/mol. The predicted octanol–water partition coefficient (Wildman–Crippen LogP) is 3.03. The Bertz CT molecular complexity index is 1570. The summed E-state index contributed by atoms with van der Waals surface area (Å²) in [5.41, 5.74) is 7.40. The maximum atomic E-state index is 14.0. The van der Waals surface area contributed by atoms with Gasteiger partial charge in [0.05, 0.1) is 11.6 Å². The number of nitrogens with one attached hydrogen (secondary N) is 2. The van der Waals surface area contributed by atoms with Gasteiger partial charge in [0.25, 0.3) is 5.91 Å². The van der Waals surface area contributed by atoms with E-state index in [1.807, 2.05) is 24.3 Å². The summed E-state index contributed by atoms with van der Waals surface area (Å²) in [6.45, 7) is 2.37. The van der Waals surface area contributed by atoms with Crippen molar-refractivity contribution >= 4 is 17.6 Å². The van der Waals surface area contributed by atoms with Crippen molar-refractivity contribution in [3.63, 3.8) is 0 Å². The average Bonchev–Trinajstić information content (AvgIpc) is 3.41. The summed E-state index contributed by atoms with van der Waals surface area (Å²) < 4.78 is 48.2. The van der Waals surface area contributed by atoms with E-state index in [-0.39, 0.29) is 25.6 Å². The molecular weight excluding hydrogens is 575 g/mol. The number of ether oxygens (including phenoxy) is 1. The fourth-order valence-corrected chi connectivity index (χ4v) is 6.17. The monoisotopic (exact) mass is 605 g/mol. The van der Waals surface area contributed by atoms with E-state index in [1.54, 1.807) is 46.2 Å². The van der Waals surface area contributed by atoms with Gasteiger partial charge in [0.2, 0.25) is 5.91 Å². The van der Waals surface area contributed by atoms with E-state index in [1.165, 1.54) is 6.20 Å². The maximum Gasteiger partial charge on any atom is 0.402 e. The Labute approximate surface area is 252 Å². The van der Waals surface area contributed by atoms with Crippen LogP contribution in [-0.4, -0.2) is 78.1 Å². The van der Waals surface area contributed by atoms with Gasteiger partial charge in [0, 0.05) is 57.1 Å². The van der Waals surface area contributed by atoms with Gasteiger partial charge in [-0.15, -0.1) is 0 Å². The van der Waals surface area contributed by atoms with Crippen LogP contribution in [0.15, 0.2) is 66.9 Å². The van der Waals surface area contributed by atoms with Gasteiger partial charge >= 0.3 is 6.18 Å². The van der Waals surface area contributed by atoms with Gasteiger partial charge in [-0.05, 0) is 41.5 Å². The van der Waals surface area contributed by atoms with Crippen LogP contribution in [0.3, 0.4) is 0 Å². The summed E-state index contributed by atoms with van der Waals surface area (Å²) >= 11 is 0. The summed E-state index contributed by atoms with van der Waals surface area (Å²) in [5, 5.41) is 8.99. The van der Waals surface area contributed by atoms with Crippen molar-refractivity contribution in [3.8, 4) is 11.8 Å². The van der Waals surface area contributed by atoms with Crippen molar-refractivity contribution < 1.29 is 27.5 Å². The number of fused-ring (bicyclic) bond motifs is 1. The Balaban J connectivity index is 1.13. The molecule has 0 spiro atoms. The number of alkyl halides is 3. The Morgan fingerprint density at radius 3 is 2.59 bits per heavy atom. The molecule has 3 aliphatic rings. The second-order valence-electron chi connectivity index (χ2n) is 11.0. The topological polar surface area (TPSA) is 114 Å². The van der Waals surface area contributed by atoms with Crippen LogP contribution < -0.4 is 20.5 Å². The number of halogens is 3. The first kappa shape index (κ1) is 29.4. The van der Waals surface area contributed by atoms with Crippen LogP contribution >= 0.6 is 0 Å². The van der Waals surface area contributed by atoms with Crippen LogP contribution in [0.5, 0.6) is 5.75 Å². The number of carbonyl (C=O) groups excluding carboxylic acids is 2. The lowest BCUT2D eigenvalue weighted by Gasteiger charge is -2.40. The quantitative estimate of drug-likeness (QED) is 0.441. The molecule has 1 aromatic heterocycles. The molecule has 2 aromatic carbocycles. The molecule has 228 valence electrons. The number of carbonyl (C=O) groups is 2. The highest BCUT2D eigenvalue weighted by Crippen LogP contribution is 2.41. The van der Waals surface area contributed by atoms with Gasteiger partial charge in [-0.1, -0.05) is 30.3 Å². The van der Waals surface area contributed by atoms with Crippen molar-refractivity contribution in [1.29, 1.82) is 5.26 Å². The lowest BCUT2D eigenvalue weighted by Crippen LogP contribution is -2.64. The Hall–Kier alpha value is -4.67. The summed E-state index contributed by atoms with van der Waals surface area (Å²) in [6, 6.07) is 18.1. The molecule has 4 heterocycles. The number of aromatic nitrogens is 1. The number of benzene rings is 2. The van der Waals surface area contributed by atoms with E-state index in [0.29, 0.717) is 43.1 Å². The number of hydrogen-bond acceptors (Lipinski definition) is 8. The Kier molecular flexibility index (Phi) is 8.11. The number of amides is 2. The molecule has 44 heavy (non-hydrogen) atoms. The van der Waals surface area contributed by atoms with E-state index in [0.717, 1.165) is 16.9 Å². The van der Waals surface area contributed by atoms with E-state index in [4.69, 9.17) is 10.00 Å². The first-order chi connectivity index (χ1) is 21.2. The molecule has 2 unspecified atom stereocenters. The molecule has 0 aliphatic carbocycles. The molecule has 3 aliphatic heterocycles. The Morgan fingerprint density at radius 2 is 1.86 bits per heavy atom. The highest BCUT2D eigenvalue weighted by atomic mass is 19.4. The van der Waals surface area contributed by atoms with E-state index in [9.17, 15) is 22.8 Å². The maximum absolute atomic E-state index is 14.0. The highest BCUT2D eigenvalue weighted by molar-refractivity contribution is 5.94. The standard InChI is InChI=1S/C31H30F3N7O3/c32-31(33,34)28-25(17-37-38-29(28)42)41-18-22-4-1-2-7-24(22)26(41)19-44-23-6-3-5-21(14-23)30(43)40-12-10-39(11-13-40)27-9-8-20(15-35)16-36-27/h1-9,14,16,25-26,28,37H,10-13,17-19H2,(H,38,42)/t25?,26-,28?/m0/s1. The van der Waals surface area contributed by atoms with Crippen LogP contribution in [-0.2, 0) is 11.3 Å². The van der Waals surface area contributed by atoms with Crippen LogP contribution in [0.25, 0.3) is 0 Å². The largest absolute Gasteiger partial charge is 0.492 e. The number of rotatable bonds is 6. The number of nitrogens with zero attached hydrogens (tertiary/aromatic N) is 5. The second-order valence-corrected chi connectivity index (χ2v) is 11.0. The SMILES string of the molecule is N#Cc1ccc(N2CCN(C(=O)c3cccc(OC[C@H]4c5ccccc5CN4C4CNNC(=O)C4C(F)(F)F)c3)CC2)nc1. The molecule has 6 rings (SSSR count). The van der Waals surface area contributed by atoms with Crippen molar-refractivity contribution in [1.82, 2.24) is 25.6 Å². The zero-order valence-electron chi connectivity index (χ0n) is 23.6. The molecule has 13 heteroatoms. The number of nitriles is 1. The van der Waals surface area contributed by atoms with E-state index in [2.05, 4.69) is 26.8 Å². The third kappa shape index (κ3) is 5.91. The number of hydrogen-bond donors (Lipinski definition) is 2. The van der Waals surface area contributed by atoms with Gasteiger partial charge in [-0.25, -0.2) is 10.4 Å². The van der Waals surface area contributed by atoms with E-state index >= 15 is 0 Å². The molecule has 3 aromatic rings. The van der Waals surface area contributed by atoms with Crippen LogP contribution in [0.1, 0.15) is 33.1 Å². The first-order valence-electron chi connectivity index (χ1n) is 14.3. The molecule has 0 bridgehead atoms. The fraction of sp³-hybridized carbons (Fsp3) is 0.355. The first-order valence-corrected chi connectivity index (χ1v) is 14.3. The van der Waals surface area contributed by atoms with Crippen LogP contribution in [0, 0.1) is 17.2 Å². The number of hydrazine groups is 1. The van der Waals surface area contributed by atoms with Gasteiger partial charge in [-0.2, -0.15) is 18.4 Å². The van der Waals surface area contributed by atoms with Gasteiger partial charge in [-0.3, -0.25) is 19.9 Å². The molecular formula is C31H30F3N7O3. The zero-order chi connectivity index (χ0) is 30.8. The van der Waals surface area contributed by atoms with Gasteiger partial charge < -0.3 is 14.5 Å². The van der Waals surface area contributed by atoms with E-state index < -0.39 is 30.1 Å². The predicted molar refractivity (Wildman–Crippen MR) is 153 cm³/mol. The normalized spacial score (nSPS) is 22.2. The minimum Gasteiger partial charge on any atom is -0.492 e. The summed E-state index contributed by atoms with van der Waals surface area (Å²) in [6.07, 6.45) is -3.19. The minimum absolute atomic E-state index is 0.0353. The van der Waals surface area contributed by atoms with Crippen LogP contribution in [0.2, 0.25) is 0 Å². The summed E-state index contributed by atoms with van der Waals surface area (Å²) in [5.74, 6) is -2.27. The molecule has 10 nitrogen and oxygen atoms in total. The van der Waals surface area contributed by atoms with Crippen molar-refractivity contribution in [2.24, 2.45) is 5.92 Å². The Morgan fingerprint density at radius 1 is 1.07 bits per heavy atom. The van der Waals surface area contributed by atoms with Crippen molar-refractivity contribution in [2.75, 3.05) is 44.2 Å². The molecule has 0 radical (unpaired) electrons. The molecule has 2 amide bonds. The highest BCUT2D eigenvalue weighted by Gasteiger charge is 2.55. The molecule has 3 atom stereocenters. The third-order valence-electron chi connectivity index (χ3n) is 8.39. The third-order valence-corrected chi connectivity index (χ3v) is 8.39. The van der Waals surface area contributed by atoms with Gasteiger partial charge in [0.1, 0.15) is 24.2 Å². The number of piperazine rings is 1. The fourth-order valence-electron chi connectivity index (χ4n) is 6.17. The number of anilines is 1. The smallest absolute Gasteiger partial charge is 0.402 e. The summed E-state index contributed by atoms with van der Waals surface area (Å²) in [4.78, 5) is 35.5. The van der Waals surface area contributed by atoms with Gasteiger partial charge in [0.15, 0.2) is 5.92 Å². The summed E-state index contributed by atoms with van der Waals surface area (Å²) in [7, 11) is 0. The van der Waals surface area contributed by atoms with Crippen molar-refractivity contribution in [2.45, 2.75) is 24.8 Å². The molecule has 2 N–H and O–H groups in total. The lowest BCUT2D eigenvalue weighted by atomic mass is 9.94. The number of pyridine rings is 1. The molecule has 2 saturated heterocycles. The zero-order valence-corrected chi connectivity index (χ0v) is 23.6. The molecule has 0 saturated carbocycles. The minimum atomic E-state index is -4.71. The lowest BCUT2D eigenvalue weighted by molar-refractivity contribution is -0.202.